The van der Waals surface area contributed by atoms with Gasteiger partial charge in [-0.25, -0.2) is 8.78 Å². The first-order chi connectivity index (χ1) is 13.3. The lowest BCUT2D eigenvalue weighted by Gasteiger charge is -2.09. The Morgan fingerprint density at radius 2 is 1.68 bits per heavy atom. The molecular formula is C21H19F2N3OS. The van der Waals surface area contributed by atoms with Gasteiger partial charge in [0.25, 0.3) is 0 Å². The normalized spacial score (nSPS) is 10.8. The van der Waals surface area contributed by atoms with Crippen molar-refractivity contribution >= 4 is 23.4 Å². The molecular weight excluding hydrogens is 380 g/mol. The molecule has 0 radical (unpaired) electrons. The maximum absolute atomic E-state index is 13.2. The molecule has 0 bridgehead atoms. The molecule has 0 spiro atoms. The summed E-state index contributed by atoms with van der Waals surface area (Å²) in [4.78, 5) is 12.0. The quantitative estimate of drug-likeness (QED) is 0.608. The molecule has 0 aliphatic rings. The highest BCUT2D eigenvalue weighted by atomic mass is 32.2. The smallest absolute Gasteiger partial charge is 0.234 e. The molecule has 28 heavy (non-hydrogen) atoms. The minimum Gasteiger partial charge on any atom is -0.325 e. The number of thioether (sulfide) groups is 1. The van der Waals surface area contributed by atoms with Crippen molar-refractivity contribution < 1.29 is 13.6 Å². The number of rotatable bonds is 5. The summed E-state index contributed by atoms with van der Waals surface area (Å²) in [6.45, 7) is 6.17. The topological polar surface area (TPSA) is 54.9 Å². The fraction of sp³-hybridized carbons (Fsp3) is 0.190. The second-order valence-corrected chi connectivity index (χ2v) is 7.47. The lowest BCUT2D eigenvalue weighted by atomic mass is 9.99. The summed E-state index contributed by atoms with van der Waals surface area (Å²) in [5.74, 6) is -2.22. The number of nitrogens with zero attached hydrogens (tertiary/aromatic N) is 2. The Balaban J connectivity index is 1.62. The van der Waals surface area contributed by atoms with Crippen LogP contribution in [0.2, 0.25) is 0 Å². The van der Waals surface area contributed by atoms with Gasteiger partial charge in [-0.05, 0) is 67.8 Å². The molecule has 4 nitrogen and oxygen atoms in total. The minimum absolute atomic E-state index is 0.0791. The summed E-state index contributed by atoms with van der Waals surface area (Å²) in [5, 5.41) is 11.6. The highest BCUT2D eigenvalue weighted by molar-refractivity contribution is 7.99. The van der Waals surface area contributed by atoms with Gasteiger partial charge in [-0.3, -0.25) is 4.79 Å². The summed E-state index contributed by atoms with van der Waals surface area (Å²) in [7, 11) is 0. The number of hydrogen-bond acceptors (Lipinski definition) is 4. The van der Waals surface area contributed by atoms with E-state index in [9.17, 15) is 13.6 Å². The Kier molecular flexibility index (Phi) is 6.04. The zero-order chi connectivity index (χ0) is 20.3. The second-order valence-electron chi connectivity index (χ2n) is 6.47. The van der Waals surface area contributed by atoms with Gasteiger partial charge in [-0.1, -0.05) is 17.8 Å². The van der Waals surface area contributed by atoms with E-state index in [0.717, 1.165) is 29.0 Å². The summed E-state index contributed by atoms with van der Waals surface area (Å²) in [6.07, 6.45) is 0. The largest absolute Gasteiger partial charge is 0.325 e. The van der Waals surface area contributed by atoms with Crippen LogP contribution in [0.4, 0.5) is 14.5 Å². The van der Waals surface area contributed by atoms with E-state index in [1.165, 1.54) is 29.0 Å². The molecule has 0 atom stereocenters. The van der Waals surface area contributed by atoms with E-state index in [4.69, 9.17) is 0 Å². The fourth-order valence-corrected chi connectivity index (χ4v) is 3.30. The van der Waals surface area contributed by atoms with Crippen molar-refractivity contribution in [2.45, 2.75) is 25.8 Å². The predicted molar refractivity (Wildman–Crippen MR) is 107 cm³/mol. The van der Waals surface area contributed by atoms with Crippen molar-refractivity contribution in [1.29, 1.82) is 0 Å². The maximum atomic E-state index is 13.2. The number of carbonyl (C=O) groups is 1. The first-order valence-corrected chi connectivity index (χ1v) is 9.61. The van der Waals surface area contributed by atoms with Crippen LogP contribution in [0, 0.1) is 32.4 Å². The molecule has 0 unspecified atom stereocenters. The lowest BCUT2D eigenvalue weighted by molar-refractivity contribution is -0.113. The molecule has 3 aromatic rings. The van der Waals surface area contributed by atoms with Crippen LogP contribution in [-0.2, 0) is 4.79 Å². The van der Waals surface area contributed by atoms with E-state index in [2.05, 4.69) is 41.5 Å². The van der Waals surface area contributed by atoms with Crippen LogP contribution >= 0.6 is 11.8 Å². The number of aryl methyl sites for hydroxylation is 3. The number of aromatic nitrogens is 2. The van der Waals surface area contributed by atoms with Crippen LogP contribution in [0.3, 0.4) is 0 Å². The van der Waals surface area contributed by atoms with Crippen molar-refractivity contribution in [3.8, 4) is 11.3 Å². The third kappa shape index (κ3) is 4.72. The van der Waals surface area contributed by atoms with Crippen LogP contribution in [0.1, 0.15) is 16.7 Å². The monoisotopic (exact) mass is 399 g/mol. The summed E-state index contributed by atoms with van der Waals surface area (Å²) >= 11 is 1.22. The van der Waals surface area contributed by atoms with Crippen molar-refractivity contribution in [1.82, 2.24) is 10.2 Å². The van der Waals surface area contributed by atoms with Crippen molar-refractivity contribution in [3.63, 3.8) is 0 Å². The number of benzene rings is 2. The van der Waals surface area contributed by atoms with Crippen LogP contribution < -0.4 is 5.32 Å². The molecule has 2 aromatic carbocycles. The van der Waals surface area contributed by atoms with Crippen molar-refractivity contribution in [3.05, 3.63) is 70.8 Å². The van der Waals surface area contributed by atoms with Crippen LogP contribution in [0.25, 0.3) is 11.3 Å². The lowest BCUT2D eigenvalue weighted by Crippen LogP contribution is -2.14. The van der Waals surface area contributed by atoms with Gasteiger partial charge in [-0.2, -0.15) is 0 Å². The first-order valence-electron chi connectivity index (χ1n) is 8.63. The van der Waals surface area contributed by atoms with Gasteiger partial charge in [-0.15, -0.1) is 10.2 Å². The van der Waals surface area contributed by atoms with E-state index in [-0.39, 0.29) is 17.3 Å². The zero-order valence-corrected chi connectivity index (χ0v) is 16.5. The van der Waals surface area contributed by atoms with Gasteiger partial charge in [0.2, 0.25) is 5.91 Å². The average molecular weight is 399 g/mol. The molecule has 7 heteroatoms. The molecule has 0 aliphatic heterocycles. The van der Waals surface area contributed by atoms with Crippen molar-refractivity contribution in [2.75, 3.05) is 11.1 Å². The Bertz CT molecular complexity index is 1020. The van der Waals surface area contributed by atoms with Crippen LogP contribution in [0.15, 0.2) is 47.5 Å². The van der Waals surface area contributed by atoms with E-state index >= 15 is 0 Å². The van der Waals surface area contributed by atoms with Crippen molar-refractivity contribution in [2.24, 2.45) is 0 Å². The molecule has 0 saturated carbocycles. The van der Waals surface area contributed by atoms with Crippen LogP contribution in [-0.4, -0.2) is 21.9 Å². The molecule has 0 aliphatic carbocycles. The standard InChI is InChI=1S/C21H19F2N3OS/c1-12-8-14(3)16(9-13(12)2)19-6-7-21(26-25-19)28-11-20(27)24-15-4-5-17(22)18(23)10-15/h4-10H,11H2,1-3H3,(H,24,27). The number of amides is 1. The van der Waals surface area contributed by atoms with Gasteiger partial charge >= 0.3 is 0 Å². The van der Waals surface area contributed by atoms with E-state index in [1.54, 1.807) is 0 Å². The molecule has 1 aromatic heterocycles. The van der Waals surface area contributed by atoms with Gasteiger partial charge in [0.1, 0.15) is 5.03 Å². The molecule has 0 fully saturated rings. The second kappa shape index (κ2) is 8.48. The molecule has 3 rings (SSSR count). The molecule has 1 N–H and O–H groups in total. The molecule has 144 valence electrons. The minimum atomic E-state index is -1.01. The third-order valence-corrected chi connectivity index (χ3v) is 5.23. The highest BCUT2D eigenvalue weighted by Gasteiger charge is 2.10. The van der Waals surface area contributed by atoms with Gasteiger partial charge in [0, 0.05) is 17.3 Å². The Hall–Kier alpha value is -2.80. The Morgan fingerprint density at radius 3 is 2.36 bits per heavy atom. The third-order valence-electron chi connectivity index (χ3n) is 4.31. The van der Waals surface area contributed by atoms with E-state index in [1.807, 2.05) is 19.1 Å². The Labute approximate surface area is 166 Å². The average Bonchev–Trinajstić information content (AvgIpc) is 2.66. The first kappa shape index (κ1) is 19.9. The number of hydrogen-bond donors (Lipinski definition) is 1. The summed E-state index contributed by atoms with van der Waals surface area (Å²) in [5.41, 5.74) is 5.56. The number of carbonyl (C=O) groups excluding carboxylic acids is 1. The molecule has 1 amide bonds. The maximum Gasteiger partial charge on any atom is 0.234 e. The highest BCUT2D eigenvalue weighted by Crippen LogP contribution is 2.26. The number of halogens is 2. The summed E-state index contributed by atoms with van der Waals surface area (Å²) < 4.78 is 26.1. The van der Waals surface area contributed by atoms with Crippen LogP contribution in [0.5, 0.6) is 0 Å². The molecule has 1 heterocycles. The number of nitrogens with one attached hydrogen (secondary N) is 1. The fourth-order valence-electron chi connectivity index (χ4n) is 2.69. The predicted octanol–water partition coefficient (Wildman–Crippen LogP) is 5.08. The van der Waals surface area contributed by atoms with E-state index < -0.39 is 11.6 Å². The SMILES string of the molecule is Cc1cc(C)c(-c2ccc(SCC(=O)Nc3ccc(F)c(F)c3)nn2)cc1C. The van der Waals surface area contributed by atoms with Gasteiger partial charge in [0.05, 0.1) is 11.4 Å². The zero-order valence-electron chi connectivity index (χ0n) is 15.7. The van der Waals surface area contributed by atoms with E-state index in [0.29, 0.717) is 5.03 Å². The van der Waals surface area contributed by atoms with Gasteiger partial charge in [0.15, 0.2) is 11.6 Å². The van der Waals surface area contributed by atoms with Gasteiger partial charge < -0.3 is 5.32 Å². The summed E-state index contributed by atoms with van der Waals surface area (Å²) in [6, 6.07) is 11.1. The number of anilines is 1. The molecule has 0 saturated heterocycles. The Morgan fingerprint density at radius 1 is 0.929 bits per heavy atom.